The van der Waals surface area contributed by atoms with Crippen LogP contribution in [0.3, 0.4) is 0 Å². The summed E-state index contributed by atoms with van der Waals surface area (Å²) in [6, 6.07) is 0.131. The van der Waals surface area contributed by atoms with Gasteiger partial charge in [-0.2, -0.15) is 4.39 Å². The Morgan fingerprint density at radius 2 is 1.85 bits per heavy atom. The topological polar surface area (TPSA) is 124 Å². The number of carbonyl (C=O) groups is 1. The van der Waals surface area contributed by atoms with Gasteiger partial charge in [0.15, 0.2) is 5.82 Å². The summed E-state index contributed by atoms with van der Waals surface area (Å²) in [5.74, 6) is -4.80. The van der Waals surface area contributed by atoms with E-state index in [2.05, 4.69) is 5.14 Å². The molecule has 11 heteroatoms. The molecule has 0 heterocycles. The second-order valence-electron chi connectivity index (χ2n) is 3.90. The van der Waals surface area contributed by atoms with Crippen LogP contribution in [0, 0.1) is 21.7 Å². The zero-order chi connectivity index (χ0) is 15.8. The zero-order valence-electron chi connectivity index (χ0n) is 10.3. The molecule has 0 aliphatic carbocycles. The molecule has 1 rings (SSSR count). The van der Waals surface area contributed by atoms with Crippen LogP contribution in [0.4, 0.5) is 14.5 Å². The molecular formula is C9H9F2N3O5S. The summed E-state index contributed by atoms with van der Waals surface area (Å²) in [5.41, 5.74) is -2.71. The SMILES string of the molecule is CN(C)C(=O)c1c(F)c([N+](=O)[O-])cc(S(N)(=O)=O)c1F. The Kier molecular flexibility index (Phi) is 4.05. The number of benzene rings is 1. The normalized spacial score (nSPS) is 11.2. The molecule has 0 atom stereocenters. The van der Waals surface area contributed by atoms with Gasteiger partial charge in [-0.1, -0.05) is 0 Å². The number of nitro groups is 1. The van der Waals surface area contributed by atoms with Crippen LogP contribution >= 0.6 is 0 Å². The minimum absolute atomic E-state index is 0.131. The van der Waals surface area contributed by atoms with E-state index in [-0.39, 0.29) is 6.07 Å². The third-order valence-electron chi connectivity index (χ3n) is 2.27. The third kappa shape index (κ3) is 2.72. The smallest absolute Gasteiger partial charge is 0.307 e. The lowest BCUT2D eigenvalue weighted by atomic mass is 10.1. The molecule has 20 heavy (non-hydrogen) atoms. The van der Waals surface area contributed by atoms with E-state index >= 15 is 0 Å². The first-order valence-electron chi connectivity index (χ1n) is 4.89. The Hall–Kier alpha value is -2.14. The van der Waals surface area contributed by atoms with Crippen molar-refractivity contribution < 1.29 is 26.9 Å². The number of amides is 1. The molecule has 0 saturated carbocycles. The quantitative estimate of drug-likeness (QED) is 0.632. The van der Waals surface area contributed by atoms with E-state index < -0.39 is 48.6 Å². The Labute approximate surface area is 112 Å². The number of nitro benzene ring substituents is 1. The van der Waals surface area contributed by atoms with Gasteiger partial charge in [0.2, 0.25) is 15.8 Å². The van der Waals surface area contributed by atoms with Crippen LogP contribution in [-0.4, -0.2) is 38.2 Å². The summed E-state index contributed by atoms with van der Waals surface area (Å²) in [5, 5.41) is 15.3. The van der Waals surface area contributed by atoms with Crippen molar-refractivity contribution in [3.8, 4) is 0 Å². The van der Waals surface area contributed by atoms with Crippen molar-refractivity contribution in [1.29, 1.82) is 0 Å². The first-order valence-corrected chi connectivity index (χ1v) is 6.44. The van der Waals surface area contributed by atoms with E-state index in [1.165, 1.54) is 0 Å². The van der Waals surface area contributed by atoms with Gasteiger partial charge in [0.1, 0.15) is 10.5 Å². The minimum atomic E-state index is -4.70. The molecule has 0 aromatic heterocycles. The van der Waals surface area contributed by atoms with Gasteiger partial charge < -0.3 is 4.90 Å². The predicted molar refractivity (Wildman–Crippen MR) is 62.4 cm³/mol. The van der Waals surface area contributed by atoms with Crippen LogP contribution in [0.15, 0.2) is 11.0 Å². The molecule has 0 saturated heterocycles. The maximum Gasteiger partial charge on any atom is 0.307 e. The van der Waals surface area contributed by atoms with Gasteiger partial charge >= 0.3 is 5.69 Å². The van der Waals surface area contributed by atoms with Gasteiger partial charge in [-0.3, -0.25) is 14.9 Å². The van der Waals surface area contributed by atoms with Gasteiger partial charge in [-0.05, 0) is 0 Å². The summed E-state index contributed by atoms with van der Waals surface area (Å²) in [6.07, 6.45) is 0. The van der Waals surface area contributed by atoms with Crippen molar-refractivity contribution in [1.82, 2.24) is 4.90 Å². The standard InChI is InChI=1S/C9H9F2N3O5S/c1-13(2)9(15)6-7(10)4(14(16)17)3-5(8(6)11)20(12,18)19/h3H,1-2H3,(H2,12,18,19). The molecule has 1 amide bonds. The van der Waals surface area contributed by atoms with Gasteiger partial charge in [-0.15, -0.1) is 0 Å². The molecule has 1 aromatic rings. The van der Waals surface area contributed by atoms with E-state index in [1.54, 1.807) is 0 Å². The van der Waals surface area contributed by atoms with Crippen molar-refractivity contribution in [2.24, 2.45) is 5.14 Å². The molecule has 0 aliphatic rings. The van der Waals surface area contributed by atoms with Crippen molar-refractivity contribution >= 4 is 21.6 Å². The summed E-state index contributed by atoms with van der Waals surface area (Å²) >= 11 is 0. The summed E-state index contributed by atoms with van der Waals surface area (Å²) < 4.78 is 50.0. The van der Waals surface area contributed by atoms with Gasteiger partial charge in [0.05, 0.1) is 4.92 Å². The summed E-state index contributed by atoms with van der Waals surface area (Å²) in [4.78, 5) is 20.4. The number of sulfonamides is 1. The van der Waals surface area contributed by atoms with Crippen LogP contribution < -0.4 is 5.14 Å². The highest BCUT2D eigenvalue weighted by Gasteiger charge is 2.33. The number of halogens is 2. The molecule has 0 radical (unpaired) electrons. The van der Waals surface area contributed by atoms with Crippen molar-refractivity contribution in [2.45, 2.75) is 4.90 Å². The van der Waals surface area contributed by atoms with Crippen molar-refractivity contribution in [2.75, 3.05) is 14.1 Å². The highest BCUT2D eigenvalue weighted by atomic mass is 32.2. The molecule has 110 valence electrons. The molecule has 0 spiro atoms. The minimum Gasteiger partial charge on any atom is -0.345 e. The van der Waals surface area contributed by atoms with Gasteiger partial charge in [0, 0.05) is 20.2 Å². The van der Waals surface area contributed by atoms with E-state index in [0.717, 1.165) is 19.0 Å². The fraction of sp³-hybridized carbons (Fsp3) is 0.222. The van der Waals surface area contributed by atoms with Crippen molar-refractivity contribution in [3.63, 3.8) is 0 Å². The Balaban J connectivity index is 3.87. The molecular weight excluding hydrogens is 300 g/mol. The van der Waals surface area contributed by atoms with E-state index in [0.29, 0.717) is 0 Å². The zero-order valence-corrected chi connectivity index (χ0v) is 11.1. The number of primary sulfonamides is 1. The monoisotopic (exact) mass is 309 g/mol. The molecule has 0 fully saturated rings. The number of rotatable bonds is 3. The molecule has 0 unspecified atom stereocenters. The Bertz CT molecular complexity index is 702. The van der Waals surface area contributed by atoms with Crippen molar-refractivity contribution in [3.05, 3.63) is 33.4 Å². The lowest BCUT2D eigenvalue weighted by Gasteiger charge is -2.13. The summed E-state index contributed by atoms with van der Waals surface area (Å²) in [6.45, 7) is 0. The number of hydrogen-bond donors (Lipinski definition) is 1. The highest BCUT2D eigenvalue weighted by molar-refractivity contribution is 7.89. The first-order chi connectivity index (χ1) is 8.98. The third-order valence-corrected chi connectivity index (χ3v) is 3.18. The average molecular weight is 309 g/mol. The lowest BCUT2D eigenvalue weighted by molar-refractivity contribution is -0.387. The fourth-order valence-electron chi connectivity index (χ4n) is 1.35. The average Bonchev–Trinajstić information content (AvgIpc) is 2.26. The van der Waals surface area contributed by atoms with Gasteiger partial charge in [-0.25, -0.2) is 17.9 Å². The van der Waals surface area contributed by atoms with Crippen LogP contribution in [0.25, 0.3) is 0 Å². The van der Waals surface area contributed by atoms with E-state index in [9.17, 15) is 32.1 Å². The number of carbonyl (C=O) groups excluding carboxylic acids is 1. The number of nitrogens with zero attached hydrogens (tertiary/aromatic N) is 2. The van der Waals surface area contributed by atoms with Crippen LogP contribution in [0.5, 0.6) is 0 Å². The molecule has 1 aromatic carbocycles. The molecule has 0 bridgehead atoms. The predicted octanol–water partition coefficient (Wildman–Crippen LogP) is 0.222. The van der Waals surface area contributed by atoms with Gasteiger partial charge in [0.25, 0.3) is 5.91 Å². The van der Waals surface area contributed by atoms with Crippen LogP contribution in [-0.2, 0) is 10.0 Å². The molecule has 8 nitrogen and oxygen atoms in total. The molecule has 2 N–H and O–H groups in total. The second-order valence-corrected chi connectivity index (χ2v) is 5.43. The van der Waals surface area contributed by atoms with E-state index in [1.807, 2.05) is 0 Å². The first kappa shape index (κ1) is 15.9. The van der Waals surface area contributed by atoms with Crippen LogP contribution in [0.2, 0.25) is 0 Å². The second kappa shape index (κ2) is 5.09. The number of hydrogen-bond acceptors (Lipinski definition) is 5. The maximum absolute atomic E-state index is 13.9. The van der Waals surface area contributed by atoms with E-state index in [4.69, 9.17) is 0 Å². The molecule has 0 aliphatic heterocycles. The maximum atomic E-state index is 13.9. The Morgan fingerprint density at radius 1 is 1.35 bits per heavy atom. The van der Waals surface area contributed by atoms with Crippen LogP contribution in [0.1, 0.15) is 10.4 Å². The fourth-order valence-corrected chi connectivity index (χ4v) is 1.98. The number of nitrogens with two attached hydrogens (primary N) is 1. The summed E-state index contributed by atoms with van der Waals surface area (Å²) in [7, 11) is -2.43. The highest BCUT2D eigenvalue weighted by Crippen LogP contribution is 2.29. The lowest BCUT2D eigenvalue weighted by Crippen LogP contribution is -2.26. The Morgan fingerprint density at radius 3 is 2.20 bits per heavy atom. The largest absolute Gasteiger partial charge is 0.345 e.